The van der Waals surface area contributed by atoms with Crippen LogP contribution in [0.3, 0.4) is 0 Å². The van der Waals surface area contributed by atoms with Crippen molar-refractivity contribution >= 4 is 5.91 Å². The predicted molar refractivity (Wildman–Crippen MR) is 108 cm³/mol. The maximum atomic E-state index is 12.7. The average Bonchev–Trinajstić information content (AvgIpc) is 2.69. The zero-order valence-corrected chi connectivity index (χ0v) is 16.7. The van der Waals surface area contributed by atoms with E-state index in [2.05, 4.69) is 28.4 Å². The number of piperidine rings is 2. The molecule has 1 saturated carbocycles. The molecule has 4 nitrogen and oxygen atoms in total. The molecule has 1 aromatic rings. The molecule has 27 heavy (non-hydrogen) atoms. The normalized spacial score (nSPS) is 29.3. The highest BCUT2D eigenvalue weighted by atomic mass is 16.5. The Kier molecular flexibility index (Phi) is 6.01. The van der Waals surface area contributed by atoms with Gasteiger partial charge in [0.25, 0.3) is 0 Å². The minimum atomic E-state index is 0.269. The van der Waals surface area contributed by atoms with Crippen molar-refractivity contribution in [1.82, 2.24) is 10.2 Å². The number of carbonyl (C=O) groups excluding carboxylic acids is 1. The Morgan fingerprint density at radius 2 is 1.74 bits per heavy atom. The molecule has 148 valence electrons. The lowest BCUT2D eigenvalue weighted by molar-refractivity contribution is -0.127. The average molecular weight is 371 g/mol. The second-order valence-corrected chi connectivity index (χ2v) is 8.73. The molecule has 1 aromatic carbocycles. The summed E-state index contributed by atoms with van der Waals surface area (Å²) in [6.45, 7) is 0.961. The summed E-state index contributed by atoms with van der Waals surface area (Å²) in [6.07, 6.45) is 11.9. The minimum absolute atomic E-state index is 0.269. The molecule has 3 fully saturated rings. The largest absolute Gasteiger partial charge is 0.496 e. The number of methoxy groups -OCH3 is 1. The van der Waals surface area contributed by atoms with Gasteiger partial charge >= 0.3 is 0 Å². The number of para-hydroxylation sites is 1. The molecule has 2 heterocycles. The molecule has 0 aromatic heterocycles. The summed E-state index contributed by atoms with van der Waals surface area (Å²) in [5.74, 6) is 1.59. The summed E-state index contributed by atoms with van der Waals surface area (Å²) in [4.78, 5) is 15.4. The molecule has 2 atom stereocenters. The van der Waals surface area contributed by atoms with Crippen LogP contribution in [0.1, 0.15) is 69.8 Å². The molecule has 3 aliphatic rings. The third-order valence-electron chi connectivity index (χ3n) is 6.99. The van der Waals surface area contributed by atoms with E-state index in [1.54, 1.807) is 7.11 Å². The molecular weight excluding hydrogens is 336 g/mol. The van der Waals surface area contributed by atoms with E-state index in [1.807, 2.05) is 6.07 Å². The number of nitrogens with one attached hydrogen (secondary N) is 1. The van der Waals surface area contributed by atoms with Crippen LogP contribution in [0, 0.1) is 5.92 Å². The lowest BCUT2D eigenvalue weighted by atomic mass is 9.81. The van der Waals surface area contributed by atoms with Crippen LogP contribution in [0.25, 0.3) is 0 Å². The molecule has 0 radical (unpaired) electrons. The van der Waals surface area contributed by atoms with Crippen LogP contribution >= 0.6 is 0 Å². The highest BCUT2D eigenvalue weighted by Crippen LogP contribution is 2.36. The fourth-order valence-corrected chi connectivity index (χ4v) is 5.57. The van der Waals surface area contributed by atoms with Gasteiger partial charge < -0.3 is 10.1 Å². The van der Waals surface area contributed by atoms with Gasteiger partial charge in [0.15, 0.2) is 0 Å². The van der Waals surface area contributed by atoms with Crippen LogP contribution in [0.4, 0.5) is 0 Å². The standard InChI is InChI=1S/C23H34N2O2/c1-27-22-13-6-5-10-18(22)16-25-20-11-7-12-21(25)15-19(14-20)24-23(26)17-8-3-2-4-9-17/h5-6,10,13,17,19-21H,2-4,7-9,11-12,14-16H2,1H3,(H,24,26). The fourth-order valence-electron chi connectivity index (χ4n) is 5.57. The van der Waals surface area contributed by atoms with Gasteiger partial charge in [-0.2, -0.15) is 0 Å². The second kappa shape index (κ2) is 8.64. The van der Waals surface area contributed by atoms with Gasteiger partial charge in [-0.3, -0.25) is 9.69 Å². The third-order valence-corrected chi connectivity index (χ3v) is 6.99. The van der Waals surface area contributed by atoms with Crippen LogP contribution < -0.4 is 10.1 Å². The highest BCUT2D eigenvalue weighted by molar-refractivity contribution is 5.79. The van der Waals surface area contributed by atoms with E-state index in [9.17, 15) is 4.79 Å². The first-order valence-corrected chi connectivity index (χ1v) is 10.9. The van der Waals surface area contributed by atoms with Crippen molar-refractivity contribution in [3.63, 3.8) is 0 Å². The van der Waals surface area contributed by atoms with Gasteiger partial charge in [0.05, 0.1) is 7.11 Å². The van der Waals surface area contributed by atoms with Gasteiger partial charge in [-0.1, -0.05) is 43.9 Å². The molecule has 2 unspecified atom stereocenters. The Balaban J connectivity index is 1.39. The van der Waals surface area contributed by atoms with Crippen LogP contribution in [0.5, 0.6) is 5.75 Å². The van der Waals surface area contributed by atoms with Crippen molar-refractivity contribution in [2.45, 2.75) is 88.9 Å². The van der Waals surface area contributed by atoms with Gasteiger partial charge in [0.1, 0.15) is 5.75 Å². The second-order valence-electron chi connectivity index (χ2n) is 8.73. The quantitative estimate of drug-likeness (QED) is 0.841. The minimum Gasteiger partial charge on any atom is -0.496 e. The molecular formula is C23H34N2O2. The van der Waals surface area contributed by atoms with Crippen molar-refractivity contribution in [3.05, 3.63) is 29.8 Å². The van der Waals surface area contributed by atoms with E-state index >= 15 is 0 Å². The van der Waals surface area contributed by atoms with Gasteiger partial charge in [-0.25, -0.2) is 0 Å². The maximum absolute atomic E-state index is 12.7. The van der Waals surface area contributed by atoms with Crippen LogP contribution in [0.2, 0.25) is 0 Å². The fraction of sp³-hybridized carbons (Fsp3) is 0.696. The SMILES string of the molecule is COc1ccccc1CN1C2CCCC1CC(NC(=O)C1CCCCC1)C2. The summed E-state index contributed by atoms with van der Waals surface area (Å²) >= 11 is 0. The number of hydrogen-bond donors (Lipinski definition) is 1. The molecule has 2 bridgehead atoms. The van der Waals surface area contributed by atoms with Gasteiger partial charge in [0, 0.05) is 36.2 Å². The molecule has 1 aliphatic carbocycles. The van der Waals surface area contributed by atoms with Crippen molar-refractivity contribution in [2.24, 2.45) is 5.92 Å². The monoisotopic (exact) mass is 370 g/mol. The molecule has 2 saturated heterocycles. The van der Waals surface area contributed by atoms with E-state index in [-0.39, 0.29) is 5.92 Å². The number of amides is 1. The number of rotatable bonds is 5. The summed E-state index contributed by atoms with van der Waals surface area (Å²) in [7, 11) is 1.76. The summed E-state index contributed by atoms with van der Waals surface area (Å²) in [6, 6.07) is 9.91. The Bertz CT molecular complexity index is 627. The molecule has 2 aliphatic heterocycles. The first-order chi connectivity index (χ1) is 13.2. The van der Waals surface area contributed by atoms with Crippen LogP contribution in [-0.2, 0) is 11.3 Å². The van der Waals surface area contributed by atoms with Crippen molar-refractivity contribution in [2.75, 3.05) is 7.11 Å². The van der Waals surface area contributed by atoms with Gasteiger partial charge in [-0.05, 0) is 44.6 Å². The predicted octanol–water partition coefficient (Wildman–Crippen LogP) is 4.28. The van der Waals surface area contributed by atoms with Crippen LogP contribution in [0.15, 0.2) is 24.3 Å². The summed E-state index contributed by atoms with van der Waals surface area (Å²) in [5.41, 5.74) is 1.28. The Labute approximate surface area is 163 Å². The van der Waals surface area contributed by atoms with E-state index < -0.39 is 0 Å². The van der Waals surface area contributed by atoms with E-state index in [4.69, 9.17) is 4.74 Å². The highest BCUT2D eigenvalue weighted by Gasteiger charge is 2.39. The molecule has 1 N–H and O–H groups in total. The Hall–Kier alpha value is -1.55. The third kappa shape index (κ3) is 4.31. The topological polar surface area (TPSA) is 41.6 Å². The maximum Gasteiger partial charge on any atom is 0.223 e. The lowest BCUT2D eigenvalue weighted by Crippen LogP contribution is -2.57. The Morgan fingerprint density at radius 3 is 2.44 bits per heavy atom. The number of ether oxygens (including phenoxy) is 1. The van der Waals surface area contributed by atoms with E-state index in [1.165, 1.54) is 44.1 Å². The smallest absolute Gasteiger partial charge is 0.223 e. The number of carbonyl (C=O) groups is 1. The lowest BCUT2D eigenvalue weighted by Gasteiger charge is -2.49. The molecule has 1 amide bonds. The van der Waals surface area contributed by atoms with E-state index in [0.717, 1.165) is 38.0 Å². The first kappa shape index (κ1) is 18.8. The number of hydrogen-bond acceptors (Lipinski definition) is 3. The van der Waals surface area contributed by atoms with Crippen LogP contribution in [-0.4, -0.2) is 36.0 Å². The molecule has 4 rings (SSSR count). The van der Waals surface area contributed by atoms with Crippen molar-refractivity contribution in [3.8, 4) is 5.75 Å². The van der Waals surface area contributed by atoms with E-state index in [0.29, 0.717) is 24.0 Å². The Morgan fingerprint density at radius 1 is 1.04 bits per heavy atom. The number of benzene rings is 1. The van der Waals surface area contributed by atoms with Gasteiger partial charge in [-0.15, -0.1) is 0 Å². The molecule has 0 spiro atoms. The zero-order valence-electron chi connectivity index (χ0n) is 16.7. The number of nitrogens with zero attached hydrogens (tertiary/aromatic N) is 1. The van der Waals surface area contributed by atoms with Crippen molar-refractivity contribution in [1.29, 1.82) is 0 Å². The summed E-state index contributed by atoms with van der Waals surface area (Å²) in [5, 5.41) is 3.43. The van der Waals surface area contributed by atoms with Gasteiger partial charge in [0.2, 0.25) is 5.91 Å². The summed E-state index contributed by atoms with van der Waals surface area (Å²) < 4.78 is 5.57. The zero-order chi connectivity index (χ0) is 18.6. The van der Waals surface area contributed by atoms with Crippen molar-refractivity contribution < 1.29 is 9.53 Å². The first-order valence-electron chi connectivity index (χ1n) is 10.9. The molecule has 4 heteroatoms. The number of fused-ring (bicyclic) bond motifs is 2.